The van der Waals surface area contributed by atoms with Gasteiger partial charge in [-0.15, -0.1) is 0 Å². The van der Waals surface area contributed by atoms with E-state index < -0.39 is 28.5 Å². The number of sulfonamides is 1. The first-order chi connectivity index (χ1) is 16.4. The monoisotopic (exact) mass is 503 g/mol. The zero-order chi connectivity index (χ0) is 26.3. The Kier molecular flexibility index (Phi) is 9.71. The minimum absolute atomic E-state index is 0.100. The predicted octanol–water partition coefficient (Wildman–Crippen LogP) is 3.41. The van der Waals surface area contributed by atoms with Gasteiger partial charge in [0, 0.05) is 12.6 Å². The standard InChI is InChI=1S/C26H37N3O5S/c1-8-22(26(31)27-18(2)3)28(16-21-12-9-19(4)10-13-21)25(30)17-29(35(7,32)33)23-15-20(5)11-14-24(23)34-6/h9-15,18,22H,8,16-17H2,1-7H3,(H,27,31). The number of carbonyl (C=O) groups is 2. The highest BCUT2D eigenvalue weighted by Crippen LogP contribution is 2.31. The highest BCUT2D eigenvalue weighted by Gasteiger charge is 2.32. The Morgan fingerprint density at radius 2 is 1.63 bits per heavy atom. The van der Waals surface area contributed by atoms with Gasteiger partial charge in [-0.1, -0.05) is 42.8 Å². The van der Waals surface area contributed by atoms with Crippen molar-refractivity contribution < 1.29 is 22.7 Å². The molecule has 0 heterocycles. The summed E-state index contributed by atoms with van der Waals surface area (Å²) < 4.78 is 32.0. The smallest absolute Gasteiger partial charge is 0.244 e. The van der Waals surface area contributed by atoms with Crippen molar-refractivity contribution in [1.82, 2.24) is 10.2 Å². The molecule has 0 saturated carbocycles. The number of methoxy groups -OCH3 is 1. The van der Waals surface area contributed by atoms with Crippen LogP contribution in [0.4, 0.5) is 5.69 Å². The average molecular weight is 504 g/mol. The lowest BCUT2D eigenvalue weighted by molar-refractivity contribution is -0.140. The fourth-order valence-corrected chi connectivity index (χ4v) is 4.62. The summed E-state index contributed by atoms with van der Waals surface area (Å²) in [6, 6.07) is 12.0. The van der Waals surface area contributed by atoms with Crippen molar-refractivity contribution in [1.29, 1.82) is 0 Å². The van der Waals surface area contributed by atoms with Gasteiger partial charge in [0.25, 0.3) is 0 Å². The molecule has 1 unspecified atom stereocenters. The summed E-state index contributed by atoms with van der Waals surface area (Å²) in [5.74, 6) is -0.421. The van der Waals surface area contributed by atoms with Gasteiger partial charge in [0.1, 0.15) is 18.3 Å². The lowest BCUT2D eigenvalue weighted by atomic mass is 10.1. The van der Waals surface area contributed by atoms with E-state index in [1.807, 2.05) is 58.9 Å². The Hall–Kier alpha value is -3.07. The maximum atomic E-state index is 13.7. The molecule has 192 valence electrons. The molecule has 8 nitrogen and oxygen atoms in total. The van der Waals surface area contributed by atoms with Gasteiger partial charge in [0.15, 0.2) is 0 Å². The third kappa shape index (κ3) is 7.71. The molecule has 0 aliphatic rings. The van der Waals surface area contributed by atoms with Crippen LogP contribution in [0.2, 0.25) is 0 Å². The highest BCUT2D eigenvalue weighted by molar-refractivity contribution is 7.92. The second-order valence-electron chi connectivity index (χ2n) is 9.04. The Labute approximate surface area is 209 Å². The summed E-state index contributed by atoms with van der Waals surface area (Å²) in [4.78, 5) is 28.2. The number of aryl methyl sites for hydroxylation is 2. The fourth-order valence-electron chi connectivity index (χ4n) is 3.78. The zero-order valence-corrected chi connectivity index (χ0v) is 22.5. The Morgan fingerprint density at radius 1 is 1.03 bits per heavy atom. The van der Waals surface area contributed by atoms with Crippen LogP contribution >= 0.6 is 0 Å². The molecule has 2 aromatic carbocycles. The van der Waals surface area contributed by atoms with Gasteiger partial charge < -0.3 is 15.0 Å². The van der Waals surface area contributed by atoms with Crippen molar-refractivity contribution >= 4 is 27.5 Å². The first-order valence-corrected chi connectivity index (χ1v) is 13.5. The van der Waals surface area contributed by atoms with E-state index in [1.165, 1.54) is 12.0 Å². The molecule has 2 amide bonds. The number of hydrogen-bond donors (Lipinski definition) is 1. The molecule has 35 heavy (non-hydrogen) atoms. The lowest BCUT2D eigenvalue weighted by Gasteiger charge is -2.33. The van der Waals surface area contributed by atoms with Crippen molar-refractivity contribution in [2.45, 2.75) is 59.7 Å². The van der Waals surface area contributed by atoms with E-state index in [2.05, 4.69) is 5.32 Å². The van der Waals surface area contributed by atoms with Crippen molar-refractivity contribution in [2.75, 3.05) is 24.2 Å². The summed E-state index contributed by atoms with van der Waals surface area (Å²) >= 11 is 0. The van der Waals surface area contributed by atoms with Gasteiger partial charge in [0.05, 0.1) is 19.1 Å². The molecule has 0 radical (unpaired) electrons. The Balaban J connectivity index is 2.50. The Bertz CT molecular complexity index is 1130. The minimum atomic E-state index is -3.84. The molecule has 0 saturated heterocycles. The van der Waals surface area contributed by atoms with E-state index >= 15 is 0 Å². The van der Waals surface area contributed by atoms with E-state index in [0.717, 1.165) is 27.3 Å². The molecule has 0 aliphatic carbocycles. The summed E-state index contributed by atoms with van der Waals surface area (Å²) in [7, 11) is -2.39. The van der Waals surface area contributed by atoms with Crippen LogP contribution in [0.3, 0.4) is 0 Å². The molecule has 0 aromatic heterocycles. The molecule has 2 aromatic rings. The lowest BCUT2D eigenvalue weighted by Crippen LogP contribution is -2.53. The van der Waals surface area contributed by atoms with Crippen LogP contribution in [0.1, 0.15) is 43.9 Å². The maximum absolute atomic E-state index is 13.7. The number of carbonyl (C=O) groups excluding carboxylic acids is 2. The molecule has 1 atom stereocenters. The number of nitrogens with one attached hydrogen (secondary N) is 1. The van der Waals surface area contributed by atoms with E-state index in [-0.39, 0.29) is 24.2 Å². The number of amides is 2. The van der Waals surface area contributed by atoms with Crippen LogP contribution < -0.4 is 14.4 Å². The first-order valence-electron chi connectivity index (χ1n) is 11.6. The SMILES string of the molecule is CCC(C(=O)NC(C)C)N(Cc1ccc(C)cc1)C(=O)CN(c1cc(C)ccc1OC)S(C)(=O)=O. The van der Waals surface area contributed by atoms with Crippen LogP contribution in [0.25, 0.3) is 0 Å². The second-order valence-corrected chi connectivity index (χ2v) is 10.9. The van der Waals surface area contributed by atoms with Crippen LogP contribution in [0.15, 0.2) is 42.5 Å². The van der Waals surface area contributed by atoms with E-state index in [4.69, 9.17) is 4.74 Å². The van der Waals surface area contributed by atoms with Gasteiger partial charge in [0.2, 0.25) is 21.8 Å². The van der Waals surface area contributed by atoms with Crippen molar-refractivity contribution in [3.05, 3.63) is 59.2 Å². The number of benzene rings is 2. The summed E-state index contributed by atoms with van der Waals surface area (Å²) in [5, 5.41) is 2.88. The van der Waals surface area contributed by atoms with Gasteiger partial charge in [-0.25, -0.2) is 8.42 Å². The predicted molar refractivity (Wildman–Crippen MR) is 139 cm³/mol. The summed E-state index contributed by atoms with van der Waals surface area (Å²) in [6.07, 6.45) is 1.43. The average Bonchev–Trinajstić information content (AvgIpc) is 2.77. The molecular weight excluding hydrogens is 466 g/mol. The van der Waals surface area contributed by atoms with Crippen LogP contribution in [0, 0.1) is 13.8 Å². The first kappa shape index (κ1) is 28.2. The molecule has 1 N–H and O–H groups in total. The molecule has 0 aliphatic heterocycles. The fraction of sp³-hybridized carbons (Fsp3) is 0.462. The minimum Gasteiger partial charge on any atom is -0.495 e. The third-order valence-corrected chi connectivity index (χ3v) is 6.70. The quantitative estimate of drug-likeness (QED) is 0.507. The molecule has 0 fully saturated rings. The molecular formula is C26H37N3O5S. The van der Waals surface area contributed by atoms with Gasteiger partial charge in [-0.05, 0) is 57.4 Å². The largest absolute Gasteiger partial charge is 0.495 e. The Morgan fingerprint density at radius 3 is 2.14 bits per heavy atom. The summed E-state index contributed by atoms with van der Waals surface area (Å²) in [5.41, 5.74) is 3.02. The van der Waals surface area contributed by atoms with Crippen molar-refractivity contribution in [3.8, 4) is 5.75 Å². The zero-order valence-electron chi connectivity index (χ0n) is 21.7. The maximum Gasteiger partial charge on any atom is 0.244 e. The number of nitrogens with zero attached hydrogens (tertiary/aromatic N) is 2. The third-order valence-electron chi connectivity index (χ3n) is 5.57. The van der Waals surface area contributed by atoms with E-state index in [1.54, 1.807) is 18.2 Å². The van der Waals surface area contributed by atoms with Crippen molar-refractivity contribution in [3.63, 3.8) is 0 Å². The van der Waals surface area contributed by atoms with Crippen LogP contribution in [-0.2, 0) is 26.2 Å². The second kappa shape index (κ2) is 12.1. The van der Waals surface area contributed by atoms with Gasteiger partial charge >= 0.3 is 0 Å². The normalized spacial score (nSPS) is 12.2. The number of rotatable bonds is 11. The van der Waals surface area contributed by atoms with Crippen molar-refractivity contribution in [2.24, 2.45) is 0 Å². The molecule has 9 heteroatoms. The number of ether oxygens (including phenoxy) is 1. The number of anilines is 1. The van der Waals surface area contributed by atoms with Gasteiger partial charge in [-0.3, -0.25) is 13.9 Å². The number of hydrogen-bond acceptors (Lipinski definition) is 5. The van der Waals surface area contributed by atoms with Gasteiger partial charge in [-0.2, -0.15) is 0 Å². The van der Waals surface area contributed by atoms with E-state index in [0.29, 0.717) is 12.2 Å². The van der Waals surface area contributed by atoms with Crippen LogP contribution in [-0.4, -0.2) is 57.1 Å². The van der Waals surface area contributed by atoms with Crippen LogP contribution in [0.5, 0.6) is 5.75 Å². The topological polar surface area (TPSA) is 96.0 Å². The van der Waals surface area contributed by atoms with E-state index in [9.17, 15) is 18.0 Å². The molecule has 0 spiro atoms. The highest BCUT2D eigenvalue weighted by atomic mass is 32.2. The molecule has 0 bridgehead atoms. The summed E-state index contributed by atoms with van der Waals surface area (Å²) in [6.45, 7) is 9.05. The molecule has 2 rings (SSSR count).